The summed E-state index contributed by atoms with van der Waals surface area (Å²) in [7, 11) is 1.60. The van der Waals surface area contributed by atoms with Crippen LogP contribution in [0.5, 0.6) is 0 Å². The van der Waals surface area contributed by atoms with Crippen LogP contribution < -0.4 is 4.90 Å². The van der Waals surface area contributed by atoms with E-state index in [1.165, 1.54) is 11.8 Å². The van der Waals surface area contributed by atoms with Gasteiger partial charge < -0.3 is 4.90 Å². The molecule has 0 N–H and O–H groups in total. The smallest absolute Gasteiger partial charge is 0.302 e. The number of fused-ring (bicyclic) bond motifs is 3. The molecule has 0 bridgehead atoms. The number of anilines is 1. The molecule has 1 fully saturated rings. The molecular weight excluding hydrogens is 442 g/mol. The molecule has 33 heavy (non-hydrogen) atoms. The van der Waals surface area contributed by atoms with Crippen molar-refractivity contribution in [3.63, 3.8) is 0 Å². The summed E-state index contributed by atoms with van der Waals surface area (Å²) in [4.78, 5) is 48.9. The van der Waals surface area contributed by atoms with Gasteiger partial charge in [-0.2, -0.15) is 0 Å². The predicted octanol–water partition coefficient (Wildman–Crippen LogP) is 3.32. The summed E-state index contributed by atoms with van der Waals surface area (Å²) in [6.07, 6.45) is 1.19. The van der Waals surface area contributed by atoms with Crippen LogP contribution >= 0.6 is 11.6 Å². The molecule has 3 aliphatic rings. The Morgan fingerprint density at radius 2 is 1.82 bits per heavy atom. The molecule has 0 saturated carbocycles. The largest absolute Gasteiger partial charge is 0.328 e. The van der Waals surface area contributed by atoms with E-state index in [-0.39, 0.29) is 12.3 Å². The second kappa shape index (κ2) is 7.74. The summed E-state index contributed by atoms with van der Waals surface area (Å²) in [6, 6.07) is 14.2. The maximum absolute atomic E-state index is 13.4. The Morgan fingerprint density at radius 1 is 1.09 bits per heavy atom. The van der Waals surface area contributed by atoms with Gasteiger partial charge in [-0.25, -0.2) is 9.79 Å². The van der Waals surface area contributed by atoms with Crippen molar-refractivity contribution in [2.24, 2.45) is 4.99 Å². The maximum atomic E-state index is 13.4. The molecule has 5 rings (SSSR count). The highest BCUT2D eigenvalue weighted by Crippen LogP contribution is 2.41. The Balaban J connectivity index is 1.64. The number of guanidine groups is 1. The minimum Gasteiger partial charge on any atom is -0.302 e. The molecule has 0 aliphatic carbocycles. The third kappa shape index (κ3) is 3.21. The lowest BCUT2D eigenvalue weighted by Gasteiger charge is -2.39. The number of rotatable bonds is 4. The van der Waals surface area contributed by atoms with Gasteiger partial charge in [-0.1, -0.05) is 48.0 Å². The van der Waals surface area contributed by atoms with Crippen molar-refractivity contribution >= 4 is 46.7 Å². The normalized spacial score (nSPS) is 21.8. The lowest BCUT2D eigenvalue weighted by atomic mass is 10.1. The average Bonchev–Trinajstić information content (AvgIpc) is 3.34. The number of nitrogens with zero attached hydrogens (tertiary/aromatic N) is 5. The molecule has 0 spiro atoms. The van der Waals surface area contributed by atoms with Crippen LogP contribution in [0.25, 0.3) is 5.70 Å². The van der Waals surface area contributed by atoms with Crippen molar-refractivity contribution in [1.29, 1.82) is 0 Å². The van der Waals surface area contributed by atoms with E-state index in [2.05, 4.69) is 0 Å². The number of amides is 3. The summed E-state index contributed by atoms with van der Waals surface area (Å²) < 4.78 is 0. The van der Waals surface area contributed by atoms with Crippen LogP contribution in [-0.4, -0.2) is 64.2 Å². The number of likely N-dealkylation sites (N-methyl/N-ethyl adjacent to an activating group) is 1. The molecule has 2 aromatic carbocycles. The zero-order valence-corrected chi connectivity index (χ0v) is 19.2. The van der Waals surface area contributed by atoms with Crippen molar-refractivity contribution < 1.29 is 14.4 Å². The average molecular weight is 464 g/mol. The minimum absolute atomic E-state index is 0.263. The number of imide groups is 1. The summed E-state index contributed by atoms with van der Waals surface area (Å²) in [5.41, 5.74) is 3.48. The van der Waals surface area contributed by atoms with Gasteiger partial charge >= 0.3 is 6.03 Å². The number of benzene rings is 2. The summed E-state index contributed by atoms with van der Waals surface area (Å²) in [5, 5.41) is 0.616. The molecule has 2 atom stereocenters. The van der Waals surface area contributed by atoms with Crippen LogP contribution in [0.4, 0.5) is 10.5 Å². The van der Waals surface area contributed by atoms with Crippen LogP contribution in [-0.2, 0) is 9.59 Å². The fourth-order valence-electron chi connectivity index (χ4n) is 4.49. The number of halogens is 1. The Hall–Kier alpha value is -3.65. The lowest BCUT2D eigenvalue weighted by Crippen LogP contribution is -2.64. The third-order valence-corrected chi connectivity index (χ3v) is 6.55. The summed E-state index contributed by atoms with van der Waals surface area (Å²) in [5.74, 6) is -0.168. The Morgan fingerprint density at radius 3 is 2.52 bits per heavy atom. The van der Waals surface area contributed by atoms with E-state index < -0.39 is 24.1 Å². The summed E-state index contributed by atoms with van der Waals surface area (Å²) >= 11 is 6.44. The van der Waals surface area contributed by atoms with Crippen molar-refractivity contribution in [2.45, 2.75) is 26.1 Å². The zero-order valence-electron chi connectivity index (χ0n) is 18.4. The molecule has 0 radical (unpaired) electrons. The number of urea groups is 1. The number of aliphatic imine (C=N–C) groups is 1. The standard InChI is InChI=1S/C24H22ClN5O3/c1-14(31)12-29-22(32)20-21(27(3)24(29)33)26-23-28(20)13-19(16-8-5-4-6-9-16)30(23)18-11-7-10-17(25)15(18)2/h4-11,13,20-21H,12H2,1-3H3. The number of carbonyl (C=O) groups excluding carboxylic acids is 3. The lowest BCUT2D eigenvalue weighted by molar-refractivity contribution is -0.139. The predicted molar refractivity (Wildman–Crippen MR) is 125 cm³/mol. The zero-order chi connectivity index (χ0) is 23.4. The molecule has 3 heterocycles. The highest BCUT2D eigenvalue weighted by atomic mass is 35.5. The Bertz CT molecular complexity index is 1240. The van der Waals surface area contributed by atoms with Crippen molar-refractivity contribution in [1.82, 2.24) is 14.7 Å². The minimum atomic E-state index is -0.759. The van der Waals surface area contributed by atoms with Gasteiger partial charge in [0.05, 0.1) is 17.9 Å². The van der Waals surface area contributed by atoms with Gasteiger partial charge in [0.15, 0.2) is 12.2 Å². The van der Waals surface area contributed by atoms with E-state index in [4.69, 9.17) is 16.6 Å². The monoisotopic (exact) mass is 463 g/mol. The highest BCUT2D eigenvalue weighted by Gasteiger charge is 2.55. The fraction of sp³-hybridized carbons (Fsp3) is 0.250. The molecule has 3 amide bonds. The number of ketones is 1. The highest BCUT2D eigenvalue weighted by molar-refractivity contribution is 6.32. The second-order valence-electron chi connectivity index (χ2n) is 8.31. The fourth-order valence-corrected chi connectivity index (χ4v) is 4.66. The Labute approximate surface area is 196 Å². The number of carbonyl (C=O) groups is 3. The Kier molecular flexibility index (Phi) is 4.97. The van der Waals surface area contributed by atoms with Gasteiger partial charge in [0.25, 0.3) is 5.91 Å². The quantitative estimate of drug-likeness (QED) is 0.695. The molecule has 2 unspecified atom stereocenters. The molecule has 1 saturated heterocycles. The van der Waals surface area contributed by atoms with Gasteiger partial charge in [-0.15, -0.1) is 0 Å². The van der Waals surface area contributed by atoms with Crippen LogP contribution in [0.2, 0.25) is 5.02 Å². The summed E-state index contributed by atoms with van der Waals surface area (Å²) in [6.45, 7) is 3.03. The molecule has 2 aromatic rings. The van der Waals surface area contributed by atoms with Gasteiger partial charge in [-0.05, 0) is 31.5 Å². The van der Waals surface area contributed by atoms with E-state index in [1.54, 1.807) is 11.9 Å². The maximum Gasteiger partial charge on any atom is 0.328 e. The van der Waals surface area contributed by atoms with E-state index >= 15 is 0 Å². The van der Waals surface area contributed by atoms with E-state index in [9.17, 15) is 14.4 Å². The van der Waals surface area contributed by atoms with Gasteiger partial charge in [-0.3, -0.25) is 24.3 Å². The molecule has 3 aliphatic heterocycles. The van der Waals surface area contributed by atoms with Crippen LogP contribution in [0.1, 0.15) is 18.1 Å². The van der Waals surface area contributed by atoms with Crippen molar-refractivity contribution in [3.8, 4) is 0 Å². The first-order chi connectivity index (χ1) is 15.8. The van der Waals surface area contributed by atoms with Gasteiger partial charge in [0, 0.05) is 23.8 Å². The molecule has 0 aromatic heterocycles. The number of hydrogen-bond acceptors (Lipinski definition) is 6. The number of hydrogen-bond donors (Lipinski definition) is 0. The first-order valence-corrected chi connectivity index (χ1v) is 10.9. The molecule has 168 valence electrons. The first-order valence-electron chi connectivity index (χ1n) is 10.6. The van der Waals surface area contributed by atoms with E-state index in [1.807, 2.05) is 66.6 Å². The second-order valence-corrected chi connectivity index (χ2v) is 8.72. The van der Waals surface area contributed by atoms with Crippen molar-refractivity contribution in [2.75, 3.05) is 18.5 Å². The SMILES string of the molecule is CC(=O)CN1C(=O)C2C(N=C3N(c4cccc(Cl)c4C)C(c4ccccc4)=CN32)N(C)C1=O. The van der Waals surface area contributed by atoms with Crippen LogP contribution in [0.3, 0.4) is 0 Å². The molecule has 8 nitrogen and oxygen atoms in total. The van der Waals surface area contributed by atoms with E-state index in [0.29, 0.717) is 11.0 Å². The van der Waals surface area contributed by atoms with Gasteiger partial charge in [0.1, 0.15) is 5.78 Å². The van der Waals surface area contributed by atoms with Crippen molar-refractivity contribution in [3.05, 3.63) is 70.9 Å². The topological polar surface area (TPSA) is 76.5 Å². The third-order valence-electron chi connectivity index (χ3n) is 6.14. The first kappa shape index (κ1) is 21.2. The van der Waals surface area contributed by atoms with Crippen LogP contribution in [0.15, 0.2) is 59.7 Å². The van der Waals surface area contributed by atoms with Crippen LogP contribution in [0, 0.1) is 6.92 Å². The number of Topliss-reactive ketones (excluding diaryl/α,β-unsaturated/α-hetero) is 1. The molecular formula is C24H22ClN5O3. The van der Waals surface area contributed by atoms with E-state index in [0.717, 1.165) is 27.4 Å². The van der Waals surface area contributed by atoms with Gasteiger partial charge in [0.2, 0.25) is 5.96 Å². The molecule has 9 heteroatoms.